The molecule has 1 N–H and O–H groups in total. The molecular formula is C11H16N4O2. The van der Waals surface area contributed by atoms with Gasteiger partial charge in [0.1, 0.15) is 12.4 Å². The van der Waals surface area contributed by atoms with Gasteiger partial charge in [-0.15, -0.1) is 0 Å². The van der Waals surface area contributed by atoms with Crippen molar-refractivity contribution in [3.63, 3.8) is 0 Å². The van der Waals surface area contributed by atoms with E-state index in [4.69, 9.17) is 0 Å². The summed E-state index contributed by atoms with van der Waals surface area (Å²) >= 11 is 0. The van der Waals surface area contributed by atoms with E-state index in [2.05, 4.69) is 10.4 Å². The standard InChI is InChI=1S/C11H16N4O2/c16-15(17)10-5-13-14(6-10)9-1-3-11(4-2-9)7-12-8-11/h5-6,9,12H,1-4,7-8H2. The number of nitro groups is 1. The SMILES string of the molecule is O=[N+]([O-])c1cnn(C2CCC3(CC2)CNC3)c1. The molecule has 0 aromatic carbocycles. The fourth-order valence-corrected chi connectivity index (χ4v) is 2.93. The lowest BCUT2D eigenvalue weighted by Crippen LogP contribution is -2.54. The van der Waals surface area contributed by atoms with Crippen LogP contribution in [0.2, 0.25) is 0 Å². The highest BCUT2D eigenvalue weighted by Crippen LogP contribution is 2.43. The minimum absolute atomic E-state index is 0.0931. The largest absolute Gasteiger partial charge is 0.316 e. The highest BCUT2D eigenvalue weighted by molar-refractivity contribution is 5.21. The Bertz CT molecular complexity index is 428. The first-order chi connectivity index (χ1) is 8.19. The Balaban J connectivity index is 1.67. The zero-order valence-electron chi connectivity index (χ0n) is 9.63. The summed E-state index contributed by atoms with van der Waals surface area (Å²) in [6.07, 6.45) is 7.48. The molecule has 17 heavy (non-hydrogen) atoms. The number of aromatic nitrogens is 2. The Hall–Kier alpha value is -1.43. The number of hydrogen-bond donors (Lipinski definition) is 1. The minimum atomic E-state index is -0.385. The minimum Gasteiger partial charge on any atom is -0.316 e. The Morgan fingerprint density at radius 1 is 1.47 bits per heavy atom. The maximum absolute atomic E-state index is 10.6. The van der Waals surface area contributed by atoms with Crippen LogP contribution in [-0.4, -0.2) is 27.8 Å². The Labute approximate surface area is 99.1 Å². The van der Waals surface area contributed by atoms with Crippen LogP contribution in [0.15, 0.2) is 12.4 Å². The van der Waals surface area contributed by atoms with Crippen LogP contribution < -0.4 is 5.32 Å². The summed E-state index contributed by atoms with van der Waals surface area (Å²) in [4.78, 5) is 10.2. The van der Waals surface area contributed by atoms with Crippen LogP contribution >= 0.6 is 0 Å². The maximum Gasteiger partial charge on any atom is 0.307 e. The van der Waals surface area contributed by atoms with Crippen molar-refractivity contribution in [1.29, 1.82) is 0 Å². The monoisotopic (exact) mass is 236 g/mol. The third-order valence-corrected chi connectivity index (χ3v) is 4.19. The van der Waals surface area contributed by atoms with Gasteiger partial charge in [0.2, 0.25) is 0 Å². The molecule has 3 rings (SSSR count). The van der Waals surface area contributed by atoms with E-state index in [0.717, 1.165) is 25.9 Å². The highest BCUT2D eigenvalue weighted by atomic mass is 16.6. The molecule has 0 atom stereocenters. The molecule has 1 aromatic rings. The number of rotatable bonds is 2. The van der Waals surface area contributed by atoms with Crippen molar-refractivity contribution in [2.24, 2.45) is 5.41 Å². The Kier molecular flexibility index (Phi) is 2.39. The molecule has 0 bridgehead atoms. The van der Waals surface area contributed by atoms with Gasteiger partial charge in [0.25, 0.3) is 0 Å². The molecule has 1 saturated carbocycles. The van der Waals surface area contributed by atoms with Crippen molar-refractivity contribution >= 4 is 5.69 Å². The van der Waals surface area contributed by atoms with Gasteiger partial charge < -0.3 is 5.32 Å². The molecule has 1 aromatic heterocycles. The van der Waals surface area contributed by atoms with Gasteiger partial charge in [-0.05, 0) is 31.1 Å². The molecule has 1 aliphatic heterocycles. The molecule has 6 nitrogen and oxygen atoms in total. The van der Waals surface area contributed by atoms with Crippen LogP contribution in [0, 0.1) is 15.5 Å². The normalized spacial score (nSPS) is 23.5. The van der Waals surface area contributed by atoms with Crippen molar-refractivity contribution in [2.45, 2.75) is 31.7 Å². The van der Waals surface area contributed by atoms with Crippen LogP contribution in [0.5, 0.6) is 0 Å². The van der Waals surface area contributed by atoms with Crippen LogP contribution in [0.25, 0.3) is 0 Å². The predicted octanol–water partition coefficient (Wildman–Crippen LogP) is 1.50. The van der Waals surface area contributed by atoms with Crippen molar-refractivity contribution in [2.75, 3.05) is 13.1 Å². The lowest BCUT2D eigenvalue weighted by molar-refractivity contribution is -0.385. The van der Waals surface area contributed by atoms with Gasteiger partial charge in [0.15, 0.2) is 0 Å². The predicted molar refractivity (Wildman–Crippen MR) is 61.7 cm³/mol. The van der Waals surface area contributed by atoms with Gasteiger partial charge in [-0.1, -0.05) is 0 Å². The van der Waals surface area contributed by atoms with E-state index in [1.54, 1.807) is 10.9 Å². The average Bonchev–Trinajstić information content (AvgIpc) is 2.76. The third-order valence-electron chi connectivity index (χ3n) is 4.19. The van der Waals surface area contributed by atoms with E-state index < -0.39 is 0 Å². The summed E-state index contributed by atoms with van der Waals surface area (Å²) in [6, 6.07) is 0.343. The lowest BCUT2D eigenvalue weighted by Gasteiger charge is -2.47. The number of hydrogen-bond acceptors (Lipinski definition) is 4. The van der Waals surface area contributed by atoms with Gasteiger partial charge in [-0.3, -0.25) is 14.8 Å². The third kappa shape index (κ3) is 1.82. The molecule has 0 radical (unpaired) electrons. The molecule has 92 valence electrons. The fraction of sp³-hybridized carbons (Fsp3) is 0.727. The van der Waals surface area contributed by atoms with Gasteiger partial charge in [0.05, 0.1) is 11.0 Å². The van der Waals surface area contributed by atoms with Crippen molar-refractivity contribution in [3.8, 4) is 0 Å². The van der Waals surface area contributed by atoms with E-state index >= 15 is 0 Å². The zero-order chi connectivity index (χ0) is 11.9. The summed E-state index contributed by atoms with van der Waals surface area (Å²) in [7, 11) is 0. The molecule has 6 heteroatoms. The molecule has 1 saturated heterocycles. The summed E-state index contributed by atoms with van der Waals surface area (Å²) < 4.78 is 1.77. The van der Waals surface area contributed by atoms with Gasteiger partial charge in [0, 0.05) is 13.1 Å². The van der Waals surface area contributed by atoms with Crippen molar-refractivity contribution in [3.05, 3.63) is 22.5 Å². The summed E-state index contributed by atoms with van der Waals surface area (Å²) in [5.74, 6) is 0. The zero-order valence-corrected chi connectivity index (χ0v) is 9.63. The molecular weight excluding hydrogens is 220 g/mol. The molecule has 0 unspecified atom stereocenters. The molecule has 2 heterocycles. The van der Waals surface area contributed by atoms with E-state index in [9.17, 15) is 10.1 Å². The molecule has 2 aliphatic rings. The van der Waals surface area contributed by atoms with Crippen LogP contribution in [0.4, 0.5) is 5.69 Å². The molecule has 1 spiro atoms. The van der Waals surface area contributed by atoms with E-state index in [1.165, 1.54) is 19.0 Å². The van der Waals surface area contributed by atoms with Crippen molar-refractivity contribution < 1.29 is 4.92 Å². The quantitative estimate of drug-likeness (QED) is 0.623. The van der Waals surface area contributed by atoms with E-state index in [1.807, 2.05) is 0 Å². The second-order valence-electron chi connectivity index (χ2n) is 5.27. The molecule has 2 fully saturated rings. The summed E-state index contributed by atoms with van der Waals surface area (Å²) in [6.45, 7) is 2.28. The second-order valence-corrected chi connectivity index (χ2v) is 5.27. The van der Waals surface area contributed by atoms with Crippen LogP contribution in [0.1, 0.15) is 31.7 Å². The topological polar surface area (TPSA) is 73.0 Å². The van der Waals surface area contributed by atoms with Crippen molar-refractivity contribution in [1.82, 2.24) is 15.1 Å². The first-order valence-electron chi connectivity index (χ1n) is 6.08. The average molecular weight is 236 g/mol. The van der Waals surface area contributed by atoms with E-state index in [-0.39, 0.29) is 10.6 Å². The van der Waals surface area contributed by atoms with Gasteiger partial charge in [-0.25, -0.2) is 0 Å². The van der Waals surface area contributed by atoms with Gasteiger partial charge in [-0.2, -0.15) is 5.10 Å². The van der Waals surface area contributed by atoms with Gasteiger partial charge >= 0.3 is 5.69 Å². The number of nitrogens with zero attached hydrogens (tertiary/aromatic N) is 3. The first-order valence-corrected chi connectivity index (χ1v) is 6.08. The second kappa shape index (κ2) is 3.80. The van der Waals surface area contributed by atoms with Crippen LogP contribution in [0.3, 0.4) is 0 Å². The van der Waals surface area contributed by atoms with E-state index in [0.29, 0.717) is 11.5 Å². The molecule has 0 amide bonds. The number of nitrogens with one attached hydrogen (secondary N) is 1. The fourth-order valence-electron chi connectivity index (χ4n) is 2.93. The van der Waals surface area contributed by atoms with Crippen LogP contribution in [-0.2, 0) is 0 Å². The maximum atomic E-state index is 10.6. The Morgan fingerprint density at radius 3 is 2.65 bits per heavy atom. The summed E-state index contributed by atoms with van der Waals surface area (Å²) in [5.41, 5.74) is 0.617. The first kappa shape index (κ1) is 10.7. The molecule has 1 aliphatic carbocycles. The summed E-state index contributed by atoms with van der Waals surface area (Å²) in [5, 5.41) is 18.0. The Morgan fingerprint density at radius 2 is 2.18 bits per heavy atom. The highest BCUT2D eigenvalue weighted by Gasteiger charge is 2.40. The smallest absolute Gasteiger partial charge is 0.307 e. The lowest BCUT2D eigenvalue weighted by atomic mass is 9.68.